The van der Waals surface area contributed by atoms with Gasteiger partial charge in [0, 0.05) is 106 Å². The van der Waals surface area contributed by atoms with Gasteiger partial charge in [-0.15, -0.1) is 23.2 Å². The summed E-state index contributed by atoms with van der Waals surface area (Å²) >= 11 is 37.9. The number of halogens is 15. The second-order valence-corrected chi connectivity index (χ2v) is 38.6. The van der Waals surface area contributed by atoms with Crippen LogP contribution in [0.15, 0.2) is 199 Å². The number of hydrogen-bond donors (Lipinski definition) is 5. The Labute approximate surface area is 842 Å². The van der Waals surface area contributed by atoms with Gasteiger partial charge in [-0.2, -0.15) is 0 Å². The predicted octanol–water partition coefficient (Wildman–Crippen LogP) is 20.5. The molecule has 8 aromatic carbocycles. The number of carboxylic acid groups (broad SMARTS) is 1. The van der Waals surface area contributed by atoms with Crippen molar-refractivity contribution in [3.63, 3.8) is 0 Å². The Kier molecular flexibility index (Phi) is 34.0. The quantitative estimate of drug-likeness (QED) is 0.0245. The third-order valence-electron chi connectivity index (χ3n) is 24.3. The van der Waals surface area contributed by atoms with Gasteiger partial charge in [0.15, 0.2) is 0 Å². The number of aliphatic carboxylic acids is 1. The summed E-state index contributed by atoms with van der Waals surface area (Å²) in [6.45, 7) is 8.57. The van der Waals surface area contributed by atoms with Crippen LogP contribution in [-0.2, 0) is 44.6 Å². The number of anilines is 2. The number of nitrogens with one attached hydrogen (secondary N) is 1. The van der Waals surface area contributed by atoms with Crippen molar-refractivity contribution in [2.75, 3.05) is 82.3 Å². The van der Waals surface area contributed by atoms with Gasteiger partial charge in [0.25, 0.3) is 47.3 Å². The molecule has 140 heavy (non-hydrogen) atoms. The lowest BCUT2D eigenvalue weighted by atomic mass is 9.79. The Morgan fingerprint density at radius 3 is 1.06 bits per heavy atom. The number of likely N-dealkylation sites (tertiary alicyclic amines) is 4. The third-order valence-corrected chi connectivity index (χ3v) is 26.3. The van der Waals surface area contributed by atoms with Gasteiger partial charge < -0.3 is 75.5 Å². The van der Waals surface area contributed by atoms with E-state index in [0.29, 0.717) is 96.5 Å². The van der Waals surface area contributed by atoms with Crippen molar-refractivity contribution in [3.05, 3.63) is 275 Å². The zero-order valence-corrected chi connectivity index (χ0v) is 82.6. The number of carbonyl (C=O) groups is 6. The average Bonchev–Trinajstić information content (AvgIpc) is 1.45. The van der Waals surface area contributed by atoms with Gasteiger partial charge in [0.2, 0.25) is 5.91 Å². The maximum atomic E-state index is 13.1. The van der Waals surface area contributed by atoms with Crippen LogP contribution in [-0.4, -0.2) is 207 Å². The molecule has 5 amide bonds. The molecule has 0 radical (unpaired) electrons. The molecule has 4 atom stereocenters. The monoisotopic (exact) mass is 2110 g/mol. The summed E-state index contributed by atoms with van der Waals surface area (Å²) in [6.07, 6.45) is 13.5. The maximum absolute atomic E-state index is 13.1. The van der Waals surface area contributed by atoms with Gasteiger partial charge >= 0.3 is 13.1 Å². The molecule has 4 unspecified atom stereocenters. The predicted molar refractivity (Wildman–Crippen MR) is 530 cm³/mol. The van der Waals surface area contributed by atoms with Crippen LogP contribution < -0.4 is 46.9 Å². The molecule has 19 rings (SSSR count). The summed E-state index contributed by atoms with van der Waals surface area (Å²) in [5, 5.41) is 13.7. The maximum Gasteiger partial charge on any atom is 0.494 e. The summed E-state index contributed by atoms with van der Waals surface area (Å²) in [7, 11) is -0.502. The summed E-state index contributed by atoms with van der Waals surface area (Å²) in [5.74, 6) is -10.2. The molecule has 5 fully saturated rings. The Morgan fingerprint density at radius 2 is 0.743 bits per heavy atom. The Balaban J connectivity index is 0.000000145. The lowest BCUT2D eigenvalue weighted by molar-refractivity contribution is -0.131. The van der Waals surface area contributed by atoms with Crippen LogP contribution in [0.4, 0.5) is 46.8 Å². The molecule has 39 heteroatoms. The van der Waals surface area contributed by atoms with E-state index in [1.165, 1.54) is 23.9 Å². The molecule has 2 aromatic heterocycles. The minimum Gasteiger partial charge on any atom is -0.488 e. The van der Waals surface area contributed by atoms with E-state index in [0.717, 1.165) is 128 Å². The molecule has 9 aliphatic rings. The van der Waals surface area contributed by atoms with E-state index in [1.54, 1.807) is 121 Å². The number of nitrogens with zero attached hydrogens (tertiary/aromatic N) is 6. The van der Waals surface area contributed by atoms with Crippen molar-refractivity contribution >= 4 is 157 Å². The smallest absolute Gasteiger partial charge is 0.488 e. The molecule has 0 spiro atoms. The number of fused-ring (bicyclic) bond motifs is 4. The zero-order valence-electron chi connectivity index (χ0n) is 76.5. The summed E-state index contributed by atoms with van der Waals surface area (Å²) in [4.78, 5) is 83.7. The Bertz CT molecular complexity index is 6050. The fraction of sp³-hybridized carbons (Fsp3) is 0.327. The number of ether oxygens (including phenoxy) is 4. The van der Waals surface area contributed by atoms with Gasteiger partial charge in [0.05, 0.1) is 95.5 Å². The van der Waals surface area contributed by atoms with Crippen molar-refractivity contribution in [2.45, 2.75) is 139 Å². The van der Waals surface area contributed by atoms with Crippen LogP contribution in [0.1, 0.15) is 129 Å². The highest BCUT2D eigenvalue weighted by molar-refractivity contribution is 9.10. The number of rotatable bonds is 17. The number of aromatic nitrogens is 2. The number of amides is 5. The highest BCUT2D eigenvalue weighted by Crippen LogP contribution is 2.48. The van der Waals surface area contributed by atoms with Crippen LogP contribution in [0, 0.1) is 0 Å². The molecule has 5 saturated heterocycles. The van der Waals surface area contributed by atoms with Crippen LogP contribution in [0.5, 0.6) is 23.0 Å². The highest BCUT2D eigenvalue weighted by atomic mass is 79.9. The molecular weight excluding hydrogens is 2020 g/mol. The van der Waals surface area contributed by atoms with Crippen molar-refractivity contribution in [1.82, 2.24) is 34.9 Å². The number of nitrogen functional groups attached to an aromatic ring is 2. The van der Waals surface area contributed by atoms with Crippen molar-refractivity contribution in [1.29, 1.82) is 0 Å². The average molecular weight is 2120 g/mol. The number of hydrogen-bond acceptors (Lipinski definition) is 17. The standard InChI is InChI=1S/C27H23ClF2N4O3.C20H18ClF2NO2.C19H17ClF2N2O2.C16H20BF2NO3.C10H10BrClO.C8H8N2O2.CH2Cl2/c28-22-8-7-20(17-3-5-18(6-4-17)26(36)34-14-27(29,30)15-34)21-11-19(37-25(21)22)13-33-24(35)10-2-16-1-9-23(31)32-12-16;1-2-14-9-16-15(7-8-17(21)18(16)26-14)12-3-5-13(6-4-12)19(25)24-10-20(22,23)11-24;20-16-6-5-14(15-7-13(8-23)26-17(15)16)11-1-3-12(4-2-11)18(25)24-9-19(21,22)10-24;1-14(2)15(3,4)23-17(22-14)12-7-5-11(6-8-12)13(21)20-9-16(18,19)10-20;1-2-6-5-7-8(11)3-4-9(12)10(7)13-6;9-7-3-1-6(5-10-7)2-4-8(11)12;2-1-3/h1-10,12,19H,11,13-15H2,(H2,31,32)(H,33,35);3-8,14H,2,9-11H2,1H3;1-6,13H,7-10,23H2;5-8H,9-10H2,1-4H3;3-4,6H,2,5H2,1H3;1-5H,(H2,9,10)(H,11,12);1H2/b10-2+;;;;;4-2+;. The molecule has 8 N–H and O–H groups in total. The SMILES string of the molecule is CC1(C)OB(c2ccc(C(=O)N3CC(F)(F)C3)cc2)OC1(C)C.CCC1Cc2c(-c3ccc(C(=O)N4CC(F)(F)C4)cc3)ccc(Cl)c2O1.CCC1Cc2c(Br)ccc(Cl)c2O1.ClCCl.NCC1Cc2c(-c3ccc(C(=O)N4CC(F)(F)C4)cc3)ccc(Cl)c2O1.Nc1ccc(/C=C/C(=O)NCC2Cc3c(-c4ccc(C(=O)N5CC(F)(F)C5)cc4)ccc(Cl)c3O2)cn1.Nc1ccc(/C=C/C(=O)O)cn1. The van der Waals surface area contributed by atoms with Crippen LogP contribution in [0.3, 0.4) is 0 Å². The fourth-order valence-corrected chi connectivity index (χ4v) is 17.4. The highest BCUT2D eigenvalue weighted by Gasteiger charge is 2.53. The summed E-state index contributed by atoms with van der Waals surface area (Å²) in [6, 6.07) is 49.2. The number of carbonyl (C=O) groups excluding carboxylic acids is 5. The topological polar surface area (TPSA) is 307 Å². The number of nitrogens with two attached hydrogens (primary N) is 3. The summed E-state index contributed by atoms with van der Waals surface area (Å²) < 4.78 is 140. The van der Waals surface area contributed by atoms with E-state index in [1.807, 2.05) is 88.4 Å². The van der Waals surface area contributed by atoms with Crippen molar-refractivity contribution < 1.29 is 97.3 Å². The second kappa shape index (κ2) is 44.9. The first-order valence-corrected chi connectivity index (χ1v) is 47.8. The van der Waals surface area contributed by atoms with E-state index >= 15 is 0 Å². The lowest BCUT2D eigenvalue weighted by Gasteiger charge is -2.38. The van der Waals surface area contributed by atoms with E-state index in [4.69, 9.17) is 120 Å². The van der Waals surface area contributed by atoms with E-state index in [2.05, 4.69) is 45.1 Å². The number of alkyl halides is 10. The molecule has 11 heterocycles. The molecular formula is C101H98BBrCl6F8N10O13. The van der Waals surface area contributed by atoms with E-state index in [9.17, 15) is 63.9 Å². The largest absolute Gasteiger partial charge is 0.494 e. The molecule has 738 valence electrons. The molecule has 0 saturated carbocycles. The first-order chi connectivity index (χ1) is 66.3. The second-order valence-electron chi connectivity index (χ2n) is 35.3. The Hall–Kier alpha value is -11.2. The molecule has 0 bridgehead atoms. The number of carboxylic acids is 1. The number of pyridine rings is 2. The molecule has 23 nitrogen and oxygen atoms in total. The van der Waals surface area contributed by atoms with Gasteiger partial charge in [0.1, 0.15) is 59.0 Å². The van der Waals surface area contributed by atoms with Gasteiger partial charge in [-0.25, -0.2) is 49.9 Å². The molecule has 0 aliphatic carbocycles. The number of benzene rings is 8. The summed E-state index contributed by atoms with van der Waals surface area (Å²) in [5.41, 5.74) is 29.3. The third kappa shape index (κ3) is 26.2. The van der Waals surface area contributed by atoms with E-state index in [-0.39, 0.29) is 53.8 Å². The molecule has 10 aromatic rings. The van der Waals surface area contributed by atoms with Crippen LogP contribution >= 0.6 is 85.5 Å². The first-order valence-electron chi connectivity index (χ1n) is 44.4. The fourth-order valence-electron chi connectivity index (χ4n) is 16.1. The van der Waals surface area contributed by atoms with Gasteiger partial charge in [-0.3, -0.25) is 24.0 Å². The van der Waals surface area contributed by atoms with Gasteiger partial charge in [-0.05, 0) is 206 Å². The van der Waals surface area contributed by atoms with E-state index < -0.39 is 106 Å². The van der Waals surface area contributed by atoms with Crippen LogP contribution in [0.25, 0.3) is 45.5 Å². The van der Waals surface area contributed by atoms with Crippen molar-refractivity contribution in [2.24, 2.45) is 5.73 Å². The normalized spacial score (nSPS) is 19.1. The van der Waals surface area contributed by atoms with Crippen LogP contribution in [0.2, 0.25) is 20.1 Å². The van der Waals surface area contributed by atoms with Gasteiger partial charge in [-0.1, -0.05) is 143 Å². The minimum atomic E-state index is -2.81. The minimum absolute atomic E-state index is 0.0995. The lowest BCUT2D eigenvalue weighted by Crippen LogP contribution is -2.58. The first kappa shape index (κ1) is 106. The van der Waals surface area contributed by atoms with Crippen molar-refractivity contribution in [3.8, 4) is 56.4 Å². The Morgan fingerprint density at radius 1 is 0.443 bits per heavy atom. The molecule has 9 aliphatic heterocycles. The zero-order chi connectivity index (χ0) is 101.